The van der Waals surface area contributed by atoms with Gasteiger partial charge in [0.25, 0.3) is 5.91 Å². The number of allylic oxidation sites excluding steroid dienone is 2. The average molecular weight is 638 g/mol. The third-order valence-electron chi connectivity index (χ3n) is 10.1. The maximum atomic E-state index is 12.4. The summed E-state index contributed by atoms with van der Waals surface area (Å²) in [6, 6.07) is -0.235. The van der Waals surface area contributed by atoms with Crippen molar-refractivity contribution in [2.24, 2.45) is 11.8 Å². The molecule has 3 saturated heterocycles. The number of rotatable bonds is 12. The number of amides is 1. The van der Waals surface area contributed by atoms with Crippen molar-refractivity contribution in [3.8, 4) is 0 Å². The molecule has 1 aromatic heterocycles. The van der Waals surface area contributed by atoms with Crippen LogP contribution in [0.4, 0.5) is 0 Å². The van der Waals surface area contributed by atoms with E-state index in [1.807, 2.05) is 38.6 Å². The number of nitrogens with one attached hydrogen (secondary N) is 5. The second-order valence-corrected chi connectivity index (χ2v) is 14.1. The zero-order valence-electron chi connectivity index (χ0n) is 26.1. The Morgan fingerprint density at radius 1 is 1.13 bits per heavy atom. The van der Waals surface area contributed by atoms with Crippen molar-refractivity contribution >= 4 is 35.8 Å². The molecule has 11 nitrogen and oxygen atoms in total. The topological polar surface area (TPSA) is 181 Å². The molecule has 0 aliphatic carbocycles. The van der Waals surface area contributed by atoms with Crippen molar-refractivity contribution in [3.63, 3.8) is 0 Å². The van der Waals surface area contributed by atoms with E-state index in [0.29, 0.717) is 36.0 Å². The van der Waals surface area contributed by atoms with Gasteiger partial charge in [-0.2, -0.15) is 11.8 Å². The van der Waals surface area contributed by atoms with Gasteiger partial charge in [-0.1, -0.05) is 19.6 Å². The molecule has 1 spiro atoms. The van der Waals surface area contributed by atoms with Crippen molar-refractivity contribution in [1.82, 2.24) is 26.4 Å². The number of aromatic nitrogens is 1. The van der Waals surface area contributed by atoms with E-state index in [-0.39, 0.29) is 36.8 Å². The largest absolute Gasteiger partial charge is 0.481 e. The number of aliphatic hydroxyl groups excluding tert-OH is 1. The number of aliphatic carboxylic acids is 1. The summed E-state index contributed by atoms with van der Waals surface area (Å²) in [5, 5.41) is 39.7. The van der Waals surface area contributed by atoms with E-state index in [0.717, 1.165) is 56.4 Å². The Hall–Kier alpha value is -3.29. The lowest BCUT2D eigenvalue weighted by molar-refractivity contribution is -0.137. The molecule has 0 saturated carbocycles. The monoisotopic (exact) mass is 637 g/mol. The molecule has 5 aliphatic rings. The molecule has 0 radical (unpaired) electrons. The number of hydrogen-bond donors (Lipinski definition) is 8. The molecule has 5 aliphatic heterocycles. The second kappa shape index (κ2) is 12.1. The number of carboxylic acid groups (broad SMARTS) is 1. The van der Waals surface area contributed by atoms with Crippen LogP contribution in [-0.2, 0) is 20.8 Å². The second-order valence-electron chi connectivity index (χ2n) is 12.8. The van der Waals surface area contributed by atoms with Crippen LogP contribution in [0.1, 0.15) is 69.0 Å². The Balaban J connectivity index is 1.34. The minimum atomic E-state index is -1.44. The molecule has 1 aromatic rings. The zero-order valence-corrected chi connectivity index (χ0v) is 26.9. The highest BCUT2D eigenvalue weighted by Crippen LogP contribution is 2.52. The molecule has 3 fully saturated rings. The molecule has 6 rings (SSSR count). The summed E-state index contributed by atoms with van der Waals surface area (Å²) in [6.45, 7) is 12.0. The molecule has 0 aromatic carbocycles. The van der Waals surface area contributed by atoms with Crippen LogP contribution in [0.15, 0.2) is 46.3 Å². The van der Waals surface area contributed by atoms with Crippen LogP contribution >= 0.6 is 11.8 Å². The molecule has 45 heavy (non-hydrogen) atoms. The number of H-pyrrole nitrogens is 1. The SMILES string of the molecule is C=CC1=C(C)[C@@H](CC2N/C(=C\c3[nH]c(/C=C4\N[C@@]5(NO5)[C@H](C)[C@H]4[C@H]4CS4)c(C)c3CCC(=O)O)C(CCC(O)O)=C2C)NC1=O. The molecule has 242 valence electrons. The quantitative estimate of drug-likeness (QED) is 0.125. The van der Waals surface area contributed by atoms with Crippen LogP contribution in [0.5, 0.6) is 0 Å². The fourth-order valence-corrected chi connectivity index (χ4v) is 8.06. The van der Waals surface area contributed by atoms with E-state index < -0.39 is 18.1 Å². The minimum absolute atomic E-state index is 0.00448. The highest BCUT2D eigenvalue weighted by Gasteiger charge is 2.62. The van der Waals surface area contributed by atoms with Gasteiger partial charge in [0, 0.05) is 70.1 Å². The Morgan fingerprint density at radius 3 is 2.44 bits per heavy atom. The van der Waals surface area contributed by atoms with Gasteiger partial charge in [-0.05, 0) is 80.0 Å². The van der Waals surface area contributed by atoms with Crippen LogP contribution in [0.2, 0.25) is 0 Å². The van der Waals surface area contributed by atoms with Gasteiger partial charge in [0.15, 0.2) is 6.29 Å². The summed E-state index contributed by atoms with van der Waals surface area (Å²) < 4.78 is 0. The molecular weight excluding hydrogens is 594 g/mol. The van der Waals surface area contributed by atoms with Crippen LogP contribution in [0, 0.1) is 18.8 Å². The van der Waals surface area contributed by atoms with Crippen LogP contribution in [0.25, 0.3) is 12.2 Å². The number of hydroxylamine groups is 1. The first-order valence-electron chi connectivity index (χ1n) is 15.6. The Morgan fingerprint density at radius 2 is 1.84 bits per heavy atom. The first-order chi connectivity index (χ1) is 21.4. The van der Waals surface area contributed by atoms with E-state index in [2.05, 4.69) is 46.0 Å². The number of hydrogen-bond acceptors (Lipinski definition) is 9. The van der Waals surface area contributed by atoms with Crippen LogP contribution in [0.3, 0.4) is 0 Å². The van der Waals surface area contributed by atoms with E-state index in [1.165, 1.54) is 0 Å². The summed E-state index contributed by atoms with van der Waals surface area (Å²) >= 11 is 1.95. The Bertz CT molecular complexity index is 1550. The lowest BCUT2D eigenvalue weighted by Crippen LogP contribution is -2.36. The zero-order chi connectivity index (χ0) is 32.2. The number of carbonyl (C=O) groups is 2. The molecule has 8 N–H and O–H groups in total. The maximum absolute atomic E-state index is 12.4. The predicted molar refractivity (Wildman–Crippen MR) is 173 cm³/mol. The number of thioether (sulfide) groups is 1. The molecule has 1 amide bonds. The molecule has 0 bridgehead atoms. The van der Waals surface area contributed by atoms with Gasteiger partial charge >= 0.3 is 5.97 Å². The first kappa shape index (κ1) is 31.7. The summed E-state index contributed by atoms with van der Waals surface area (Å²) in [6.07, 6.45) is 5.91. The molecule has 6 atom stereocenters. The van der Waals surface area contributed by atoms with E-state index in [9.17, 15) is 24.9 Å². The summed E-state index contributed by atoms with van der Waals surface area (Å²) in [5.41, 5.74) is 12.3. The predicted octanol–water partition coefficient (Wildman–Crippen LogP) is 2.95. The van der Waals surface area contributed by atoms with Gasteiger partial charge < -0.3 is 36.3 Å². The summed E-state index contributed by atoms with van der Waals surface area (Å²) in [5.74, 6) is 0.183. The van der Waals surface area contributed by atoms with Gasteiger partial charge in [0.2, 0.25) is 5.85 Å². The molecule has 1 unspecified atom stereocenters. The summed E-state index contributed by atoms with van der Waals surface area (Å²) in [4.78, 5) is 33.3. The third kappa shape index (κ3) is 6.14. The van der Waals surface area contributed by atoms with Crippen LogP contribution in [-0.4, -0.2) is 67.4 Å². The molecular formula is C33H43N5O6S. The number of carbonyl (C=O) groups excluding carboxylic acids is 1. The normalized spacial score (nSPS) is 32.2. The van der Waals surface area contributed by atoms with E-state index >= 15 is 0 Å². The first-order valence-corrected chi connectivity index (χ1v) is 16.7. The van der Waals surface area contributed by atoms with E-state index in [4.69, 9.17) is 4.84 Å². The van der Waals surface area contributed by atoms with Crippen molar-refractivity contribution in [2.75, 3.05) is 5.75 Å². The maximum Gasteiger partial charge on any atom is 0.303 e. The molecule has 12 heteroatoms. The number of carboxylic acids is 1. The highest BCUT2D eigenvalue weighted by atomic mass is 32.2. The van der Waals surface area contributed by atoms with Crippen molar-refractivity contribution in [3.05, 3.63) is 68.9 Å². The molecule has 6 heterocycles. The third-order valence-corrected chi connectivity index (χ3v) is 11.1. The fraction of sp³-hybridized carbons (Fsp3) is 0.515. The smallest absolute Gasteiger partial charge is 0.303 e. The average Bonchev–Trinajstić information content (AvgIpc) is 3.87. The minimum Gasteiger partial charge on any atom is -0.481 e. The number of aliphatic hydroxyl groups is 2. The van der Waals surface area contributed by atoms with E-state index in [1.54, 1.807) is 6.08 Å². The lowest BCUT2D eigenvalue weighted by atomic mass is 9.90. The van der Waals surface area contributed by atoms with Gasteiger partial charge in [-0.3, -0.25) is 14.4 Å². The van der Waals surface area contributed by atoms with Crippen LogP contribution < -0.4 is 21.4 Å². The Labute approximate surface area is 267 Å². The number of aromatic amines is 1. The van der Waals surface area contributed by atoms with Crippen molar-refractivity contribution in [1.29, 1.82) is 0 Å². The van der Waals surface area contributed by atoms with Crippen molar-refractivity contribution in [2.45, 2.75) is 89.3 Å². The van der Waals surface area contributed by atoms with Gasteiger partial charge in [0.1, 0.15) is 0 Å². The fourth-order valence-electron chi connectivity index (χ4n) is 7.16. The summed E-state index contributed by atoms with van der Waals surface area (Å²) in [7, 11) is 0. The highest BCUT2D eigenvalue weighted by molar-refractivity contribution is 8.06. The van der Waals surface area contributed by atoms with Gasteiger partial charge in [-0.15, -0.1) is 5.48 Å². The lowest BCUT2D eigenvalue weighted by Gasteiger charge is -2.20. The van der Waals surface area contributed by atoms with Gasteiger partial charge in [-0.25, -0.2) is 0 Å². The standard InChI is InChI=1S/C33H43N5O6S/c1-6-19-15(2)24(36-32(19)43)11-22-16(3)20(7-9-29(39)40)25(34-22)13-26-21(8-10-30(41)42)17(4)23(35-26)12-27-31(28-14-45-28)18(5)33(37-27)38-44-33/h6,12-13,18,22,24,28-29,31,34-35,37-40H,1,7-11,14H2,2-5H3,(H,36,43)(H,41,42)/b25-13-,27-12-/t18-,22?,24-,28-,31-,33-/m1/s1. The van der Waals surface area contributed by atoms with Crippen molar-refractivity contribution < 1.29 is 29.7 Å². The van der Waals surface area contributed by atoms with Gasteiger partial charge in [0.05, 0.1) is 6.04 Å². The Kier molecular flexibility index (Phi) is 8.55.